The Balaban J connectivity index is 2.06. The van der Waals surface area contributed by atoms with Gasteiger partial charge in [-0.05, 0) is 17.7 Å². The van der Waals surface area contributed by atoms with Gasteiger partial charge in [-0.3, -0.25) is 0 Å². The van der Waals surface area contributed by atoms with Crippen molar-refractivity contribution >= 4 is 0 Å². The topological polar surface area (TPSA) is 38.7 Å². The van der Waals surface area contributed by atoms with Crippen molar-refractivity contribution in [3.8, 4) is 11.5 Å². The molecule has 0 spiro atoms. The fraction of sp³-hybridized carbons (Fsp3) is 0.200. The molecular formula is C15H14F2O3. The molecule has 0 saturated carbocycles. The zero-order valence-electron chi connectivity index (χ0n) is 10.9. The quantitative estimate of drug-likeness (QED) is 0.915. The minimum atomic E-state index is -0.822. The van der Waals surface area contributed by atoms with Gasteiger partial charge in [0, 0.05) is 17.7 Å². The predicted octanol–water partition coefficient (Wildman–Crippen LogP) is 3.04. The fourth-order valence-electron chi connectivity index (χ4n) is 1.70. The molecule has 1 N–H and O–H groups in total. The van der Waals surface area contributed by atoms with Gasteiger partial charge in [0.25, 0.3) is 0 Å². The summed E-state index contributed by atoms with van der Waals surface area (Å²) in [7, 11) is 1.57. The summed E-state index contributed by atoms with van der Waals surface area (Å²) in [4.78, 5) is 0. The standard InChI is InChI=1S/C15H14F2O3/c1-19-11-4-2-10(3-5-11)9-20-12-6-14(16)13(8-18)15(17)7-12/h2-7,18H,8-9H2,1H3. The third-order valence-corrected chi connectivity index (χ3v) is 2.84. The maximum Gasteiger partial charge on any atom is 0.135 e. The van der Waals surface area contributed by atoms with Crippen LogP contribution in [-0.2, 0) is 13.2 Å². The fourth-order valence-corrected chi connectivity index (χ4v) is 1.70. The number of ether oxygens (including phenoxy) is 2. The van der Waals surface area contributed by atoms with E-state index in [-0.39, 0.29) is 17.9 Å². The van der Waals surface area contributed by atoms with Gasteiger partial charge in [-0.1, -0.05) is 12.1 Å². The van der Waals surface area contributed by atoms with E-state index >= 15 is 0 Å². The highest BCUT2D eigenvalue weighted by Crippen LogP contribution is 2.22. The van der Waals surface area contributed by atoms with Crippen LogP contribution in [0.5, 0.6) is 11.5 Å². The molecule has 0 bridgehead atoms. The normalized spacial score (nSPS) is 10.4. The summed E-state index contributed by atoms with van der Waals surface area (Å²) in [5.74, 6) is -0.847. The van der Waals surface area contributed by atoms with Crippen LogP contribution in [0.2, 0.25) is 0 Å². The molecule has 0 atom stereocenters. The molecule has 0 heterocycles. The van der Waals surface area contributed by atoms with Crippen LogP contribution < -0.4 is 9.47 Å². The van der Waals surface area contributed by atoms with Gasteiger partial charge in [0.15, 0.2) is 0 Å². The molecule has 106 valence electrons. The number of aliphatic hydroxyl groups is 1. The first-order valence-corrected chi connectivity index (χ1v) is 5.98. The lowest BCUT2D eigenvalue weighted by Crippen LogP contribution is -2.00. The Morgan fingerprint density at radius 3 is 2.10 bits per heavy atom. The van der Waals surface area contributed by atoms with Gasteiger partial charge < -0.3 is 14.6 Å². The Morgan fingerprint density at radius 1 is 1.00 bits per heavy atom. The minimum Gasteiger partial charge on any atom is -0.497 e. The Kier molecular flexibility index (Phi) is 4.53. The number of methoxy groups -OCH3 is 1. The molecule has 0 unspecified atom stereocenters. The van der Waals surface area contributed by atoms with Crippen LogP contribution in [0, 0.1) is 11.6 Å². The summed E-state index contributed by atoms with van der Waals surface area (Å²) >= 11 is 0. The van der Waals surface area contributed by atoms with Gasteiger partial charge in [0.05, 0.1) is 13.7 Å². The van der Waals surface area contributed by atoms with Gasteiger partial charge in [-0.25, -0.2) is 8.78 Å². The molecule has 0 fully saturated rings. The predicted molar refractivity (Wildman–Crippen MR) is 69.6 cm³/mol. The van der Waals surface area contributed by atoms with Gasteiger partial charge in [0.2, 0.25) is 0 Å². The van der Waals surface area contributed by atoms with Crippen LogP contribution in [0.25, 0.3) is 0 Å². The van der Waals surface area contributed by atoms with Gasteiger partial charge >= 0.3 is 0 Å². The van der Waals surface area contributed by atoms with Crippen molar-refractivity contribution in [3.63, 3.8) is 0 Å². The average molecular weight is 280 g/mol. The molecule has 0 amide bonds. The van der Waals surface area contributed by atoms with E-state index in [9.17, 15) is 8.78 Å². The maximum absolute atomic E-state index is 13.4. The molecule has 5 heteroatoms. The van der Waals surface area contributed by atoms with Crippen molar-refractivity contribution < 1.29 is 23.4 Å². The number of halogens is 2. The minimum absolute atomic E-state index is 0.0769. The van der Waals surface area contributed by atoms with Crippen LogP contribution in [0.15, 0.2) is 36.4 Å². The van der Waals surface area contributed by atoms with Crippen molar-refractivity contribution in [2.45, 2.75) is 13.2 Å². The molecule has 0 aliphatic heterocycles. The van der Waals surface area contributed by atoms with E-state index in [1.807, 2.05) is 0 Å². The molecule has 0 saturated heterocycles. The Morgan fingerprint density at radius 2 is 1.60 bits per heavy atom. The second kappa shape index (κ2) is 6.34. The van der Waals surface area contributed by atoms with Crippen molar-refractivity contribution in [1.82, 2.24) is 0 Å². The molecular weight excluding hydrogens is 266 g/mol. The van der Waals surface area contributed by atoms with E-state index in [0.29, 0.717) is 0 Å². The number of rotatable bonds is 5. The van der Waals surface area contributed by atoms with Crippen LogP contribution in [0.3, 0.4) is 0 Å². The largest absolute Gasteiger partial charge is 0.497 e. The van der Waals surface area contributed by atoms with Crippen molar-refractivity contribution in [2.24, 2.45) is 0 Å². The van der Waals surface area contributed by atoms with Gasteiger partial charge in [-0.2, -0.15) is 0 Å². The molecule has 2 aromatic rings. The van der Waals surface area contributed by atoms with E-state index in [1.54, 1.807) is 31.4 Å². The highest BCUT2D eigenvalue weighted by Gasteiger charge is 2.11. The first-order valence-electron chi connectivity index (χ1n) is 5.98. The van der Waals surface area contributed by atoms with Crippen molar-refractivity contribution in [3.05, 3.63) is 59.2 Å². The summed E-state index contributed by atoms with van der Waals surface area (Å²) < 4.78 is 37.2. The number of aliphatic hydroxyl groups excluding tert-OH is 1. The summed E-state index contributed by atoms with van der Waals surface area (Å²) in [5.41, 5.74) is 0.486. The molecule has 2 aromatic carbocycles. The van der Waals surface area contributed by atoms with Gasteiger partial charge in [-0.15, -0.1) is 0 Å². The lowest BCUT2D eigenvalue weighted by atomic mass is 10.2. The van der Waals surface area contributed by atoms with E-state index in [1.165, 1.54) is 0 Å². The average Bonchev–Trinajstić information content (AvgIpc) is 2.45. The second-order valence-electron chi connectivity index (χ2n) is 4.16. The van der Waals surface area contributed by atoms with Crippen LogP contribution in [-0.4, -0.2) is 12.2 Å². The van der Waals surface area contributed by atoms with E-state index < -0.39 is 18.2 Å². The lowest BCUT2D eigenvalue weighted by Gasteiger charge is -2.09. The Bertz CT molecular complexity index is 559. The van der Waals surface area contributed by atoms with Crippen LogP contribution in [0.1, 0.15) is 11.1 Å². The van der Waals surface area contributed by atoms with Crippen molar-refractivity contribution in [1.29, 1.82) is 0 Å². The Hall–Kier alpha value is -2.14. The van der Waals surface area contributed by atoms with Crippen LogP contribution >= 0.6 is 0 Å². The number of hydrogen-bond donors (Lipinski definition) is 1. The third kappa shape index (κ3) is 3.24. The maximum atomic E-state index is 13.4. The third-order valence-electron chi connectivity index (χ3n) is 2.84. The SMILES string of the molecule is COc1ccc(COc2cc(F)c(CO)c(F)c2)cc1. The molecule has 2 rings (SSSR count). The lowest BCUT2D eigenvalue weighted by molar-refractivity contribution is 0.265. The van der Waals surface area contributed by atoms with Crippen LogP contribution in [0.4, 0.5) is 8.78 Å². The molecule has 3 nitrogen and oxygen atoms in total. The van der Waals surface area contributed by atoms with E-state index in [2.05, 4.69) is 0 Å². The van der Waals surface area contributed by atoms with E-state index in [0.717, 1.165) is 23.4 Å². The zero-order chi connectivity index (χ0) is 14.5. The highest BCUT2D eigenvalue weighted by atomic mass is 19.1. The summed E-state index contributed by atoms with van der Waals surface area (Å²) in [6.45, 7) is -0.502. The monoisotopic (exact) mass is 280 g/mol. The summed E-state index contributed by atoms with van der Waals surface area (Å²) in [6.07, 6.45) is 0. The molecule has 0 aromatic heterocycles. The van der Waals surface area contributed by atoms with E-state index in [4.69, 9.17) is 14.6 Å². The molecule has 0 radical (unpaired) electrons. The molecule has 0 aliphatic rings. The first kappa shape index (κ1) is 14.3. The molecule has 0 aliphatic carbocycles. The smallest absolute Gasteiger partial charge is 0.135 e. The van der Waals surface area contributed by atoms with Gasteiger partial charge in [0.1, 0.15) is 29.7 Å². The second-order valence-corrected chi connectivity index (χ2v) is 4.16. The number of hydrogen-bond acceptors (Lipinski definition) is 3. The van der Waals surface area contributed by atoms with Crippen molar-refractivity contribution in [2.75, 3.05) is 7.11 Å². The first-order chi connectivity index (χ1) is 9.63. The highest BCUT2D eigenvalue weighted by molar-refractivity contribution is 5.31. The number of benzene rings is 2. The zero-order valence-corrected chi connectivity index (χ0v) is 10.9. The Labute approximate surface area is 115 Å². The summed E-state index contributed by atoms with van der Waals surface area (Å²) in [6, 6.07) is 9.25. The summed E-state index contributed by atoms with van der Waals surface area (Å²) in [5, 5.41) is 8.81. The molecule has 20 heavy (non-hydrogen) atoms.